The van der Waals surface area contributed by atoms with Gasteiger partial charge in [0.2, 0.25) is 5.91 Å². The lowest BCUT2D eigenvalue weighted by molar-refractivity contribution is -0.130. The second-order valence-electron chi connectivity index (χ2n) is 5.22. The van der Waals surface area contributed by atoms with Crippen molar-refractivity contribution in [1.29, 1.82) is 0 Å². The molecule has 0 rings (SSSR count). The van der Waals surface area contributed by atoms with Gasteiger partial charge in [0, 0.05) is 26.1 Å². The molecule has 3 nitrogen and oxygen atoms in total. The second-order valence-corrected chi connectivity index (χ2v) is 5.22. The molecule has 0 fully saturated rings. The van der Waals surface area contributed by atoms with Gasteiger partial charge in [-0.2, -0.15) is 0 Å². The average Bonchev–Trinajstić information content (AvgIpc) is 2.18. The molecule has 96 valence electrons. The van der Waals surface area contributed by atoms with Gasteiger partial charge in [0.25, 0.3) is 0 Å². The maximum absolute atomic E-state index is 11.7. The number of carbonyl (C=O) groups excluding carboxylic acids is 1. The number of rotatable bonds is 6. The molecule has 0 aromatic carbocycles. The molecule has 1 unspecified atom stereocenters. The number of nitrogens with zero attached hydrogens (tertiary/aromatic N) is 2. The Morgan fingerprint density at radius 2 is 1.62 bits per heavy atom. The summed E-state index contributed by atoms with van der Waals surface area (Å²) < 4.78 is 0. The van der Waals surface area contributed by atoms with Crippen molar-refractivity contribution in [3.8, 4) is 0 Å². The van der Waals surface area contributed by atoms with Gasteiger partial charge in [-0.1, -0.05) is 20.8 Å². The van der Waals surface area contributed by atoms with E-state index in [9.17, 15) is 4.79 Å². The zero-order valence-corrected chi connectivity index (χ0v) is 12.0. The number of hydrogen-bond acceptors (Lipinski definition) is 2. The fourth-order valence-electron chi connectivity index (χ4n) is 2.04. The van der Waals surface area contributed by atoms with Crippen molar-refractivity contribution >= 4 is 5.91 Å². The Morgan fingerprint density at radius 1 is 1.19 bits per heavy atom. The maximum atomic E-state index is 11.7. The zero-order chi connectivity index (χ0) is 12.9. The van der Waals surface area contributed by atoms with E-state index in [4.69, 9.17) is 0 Å². The van der Waals surface area contributed by atoms with E-state index in [1.54, 1.807) is 4.90 Å². The first kappa shape index (κ1) is 15.4. The molecule has 0 saturated carbocycles. The van der Waals surface area contributed by atoms with E-state index in [2.05, 4.69) is 39.5 Å². The van der Waals surface area contributed by atoms with E-state index in [1.165, 1.54) is 0 Å². The van der Waals surface area contributed by atoms with Crippen LogP contribution < -0.4 is 0 Å². The fourth-order valence-corrected chi connectivity index (χ4v) is 2.04. The van der Waals surface area contributed by atoms with Gasteiger partial charge in [0.05, 0.1) is 0 Å². The summed E-state index contributed by atoms with van der Waals surface area (Å²) in [7, 11) is 3.64. The smallest absolute Gasteiger partial charge is 0.222 e. The summed E-state index contributed by atoms with van der Waals surface area (Å²) in [5.74, 6) is 0.579. The average molecular weight is 228 g/mol. The highest BCUT2D eigenvalue weighted by atomic mass is 16.2. The molecule has 0 aromatic rings. The summed E-state index contributed by atoms with van der Waals surface area (Å²) in [6.45, 7) is 13.0. The molecule has 1 amide bonds. The summed E-state index contributed by atoms with van der Waals surface area (Å²) in [4.78, 5) is 15.8. The third kappa shape index (κ3) is 3.78. The molecular formula is C13H28N2O. The SMILES string of the molecule is CCN(CC)C(C)(C)C(C)CC(=O)N(C)C. The van der Waals surface area contributed by atoms with Crippen LogP contribution in [0.25, 0.3) is 0 Å². The van der Waals surface area contributed by atoms with E-state index >= 15 is 0 Å². The minimum absolute atomic E-state index is 0.0785. The summed E-state index contributed by atoms with van der Waals surface area (Å²) in [5.41, 5.74) is 0.0785. The molecule has 16 heavy (non-hydrogen) atoms. The van der Waals surface area contributed by atoms with Gasteiger partial charge >= 0.3 is 0 Å². The largest absolute Gasteiger partial charge is 0.349 e. The second kappa shape index (κ2) is 6.24. The third-order valence-corrected chi connectivity index (χ3v) is 3.76. The molecule has 3 heteroatoms. The van der Waals surface area contributed by atoms with Crippen LogP contribution in [0.4, 0.5) is 0 Å². The van der Waals surface area contributed by atoms with E-state index in [0.29, 0.717) is 12.3 Å². The van der Waals surface area contributed by atoms with Gasteiger partial charge < -0.3 is 4.90 Å². The van der Waals surface area contributed by atoms with Gasteiger partial charge in [-0.15, -0.1) is 0 Å². The molecule has 0 aliphatic carbocycles. The lowest BCUT2D eigenvalue weighted by Crippen LogP contribution is -2.49. The van der Waals surface area contributed by atoms with Crippen molar-refractivity contribution in [2.75, 3.05) is 27.2 Å². The highest BCUT2D eigenvalue weighted by molar-refractivity contribution is 5.75. The molecule has 0 spiro atoms. The van der Waals surface area contributed by atoms with E-state index in [-0.39, 0.29) is 11.4 Å². The normalized spacial score (nSPS) is 14.0. The van der Waals surface area contributed by atoms with E-state index < -0.39 is 0 Å². The first-order valence-corrected chi connectivity index (χ1v) is 6.22. The highest BCUT2D eigenvalue weighted by Gasteiger charge is 2.32. The molecule has 0 N–H and O–H groups in total. The predicted octanol–water partition coefficient (Wildman–Crippen LogP) is 2.22. The zero-order valence-electron chi connectivity index (χ0n) is 12.0. The maximum Gasteiger partial charge on any atom is 0.222 e. The molecule has 0 aliphatic heterocycles. The Hall–Kier alpha value is -0.570. The number of amides is 1. The van der Waals surface area contributed by atoms with Gasteiger partial charge in [0.1, 0.15) is 0 Å². The highest BCUT2D eigenvalue weighted by Crippen LogP contribution is 2.26. The predicted molar refractivity (Wildman–Crippen MR) is 69.5 cm³/mol. The van der Waals surface area contributed by atoms with Crippen LogP contribution >= 0.6 is 0 Å². The fraction of sp³-hybridized carbons (Fsp3) is 0.923. The van der Waals surface area contributed by atoms with Crippen molar-refractivity contribution < 1.29 is 4.79 Å². The Labute approximate surface area is 101 Å². The third-order valence-electron chi connectivity index (χ3n) is 3.76. The summed E-state index contributed by atoms with van der Waals surface area (Å²) >= 11 is 0. The Bertz CT molecular complexity index is 220. The van der Waals surface area contributed by atoms with Crippen LogP contribution in [0.2, 0.25) is 0 Å². The minimum Gasteiger partial charge on any atom is -0.349 e. The Kier molecular flexibility index (Phi) is 6.01. The van der Waals surface area contributed by atoms with Crippen molar-refractivity contribution in [2.45, 2.75) is 46.6 Å². The standard InChI is InChI=1S/C13H28N2O/c1-8-15(9-2)13(4,5)11(3)10-12(16)14(6)7/h11H,8-10H2,1-7H3. The summed E-state index contributed by atoms with van der Waals surface area (Å²) in [5, 5.41) is 0. The van der Waals surface area contributed by atoms with E-state index in [0.717, 1.165) is 13.1 Å². The minimum atomic E-state index is 0.0785. The van der Waals surface area contributed by atoms with Crippen LogP contribution in [0.5, 0.6) is 0 Å². The molecule has 0 heterocycles. The summed E-state index contributed by atoms with van der Waals surface area (Å²) in [6.07, 6.45) is 0.622. The van der Waals surface area contributed by atoms with Crippen molar-refractivity contribution in [3.63, 3.8) is 0 Å². The monoisotopic (exact) mass is 228 g/mol. The Morgan fingerprint density at radius 3 is 1.94 bits per heavy atom. The van der Waals surface area contributed by atoms with Gasteiger partial charge in [-0.05, 0) is 32.9 Å². The van der Waals surface area contributed by atoms with Crippen LogP contribution in [0.3, 0.4) is 0 Å². The molecular weight excluding hydrogens is 200 g/mol. The molecule has 0 radical (unpaired) electrons. The quantitative estimate of drug-likeness (QED) is 0.696. The van der Waals surface area contributed by atoms with Crippen LogP contribution in [0, 0.1) is 5.92 Å². The molecule has 0 aliphatic rings. The van der Waals surface area contributed by atoms with Crippen LogP contribution in [-0.4, -0.2) is 48.4 Å². The number of hydrogen-bond donors (Lipinski definition) is 0. The number of carbonyl (C=O) groups is 1. The van der Waals surface area contributed by atoms with Crippen LogP contribution in [0.15, 0.2) is 0 Å². The molecule has 0 aromatic heterocycles. The van der Waals surface area contributed by atoms with Gasteiger partial charge in [0.15, 0.2) is 0 Å². The van der Waals surface area contributed by atoms with Gasteiger partial charge in [-0.25, -0.2) is 0 Å². The lowest BCUT2D eigenvalue weighted by Gasteiger charge is -2.42. The Balaban J connectivity index is 4.56. The van der Waals surface area contributed by atoms with Crippen LogP contribution in [0.1, 0.15) is 41.0 Å². The van der Waals surface area contributed by atoms with E-state index in [1.807, 2.05) is 14.1 Å². The van der Waals surface area contributed by atoms with Gasteiger partial charge in [-0.3, -0.25) is 9.69 Å². The lowest BCUT2D eigenvalue weighted by atomic mass is 9.84. The van der Waals surface area contributed by atoms with Crippen molar-refractivity contribution in [3.05, 3.63) is 0 Å². The van der Waals surface area contributed by atoms with Crippen molar-refractivity contribution in [1.82, 2.24) is 9.80 Å². The first-order valence-electron chi connectivity index (χ1n) is 6.22. The molecule has 1 atom stereocenters. The first-order chi connectivity index (χ1) is 7.27. The van der Waals surface area contributed by atoms with Crippen molar-refractivity contribution in [2.24, 2.45) is 5.92 Å². The van der Waals surface area contributed by atoms with Crippen LogP contribution in [-0.2, 0) is 4.79 Å². The topological polar surface area (TPSA) is 23.6 Å². The molecule has 0 bridgehead atoms. The molecule has 0 saturated heterocycles. The summed E-state index contributed by atoms with van der Waals surface area (Å²) in [6, 6.07) is 0.